The molecule has 0 saturated heterocycles. The summed E-state index contributed by atoms with van der Waals surface area (Å²) in [4.78, 5) is 14.8. The number of halogens is 1. The maximum Gasteiger partial charge on any atom is 0.338 e. The summed E-state index contributed by atoms with van der Waals surface area (Å²) in [5.41, 5.74) is -0.194. The minimum absolute atomic E-state index is 0.180. The molecule has 6 nitrogen and oxygen atoms in total. The molecule has 0 aromatic carbocycles. The number of pyridine rings is 1. The average Bonchev–Trinajstić information content (AvgIpc) is 2.63. The van der Waals surface area contributed by atoms with Crippen LogP contribution >= 0.6 is 11.8 Å². The first-order chi connectivity index (χ1) is 8.49. The van der Waals surface area contributed by atoms with E-state index in [-0.39, 0.29) is 10.6 Å². The van der Waals surface area contributed by atoms with Gasteiger partial charge < -0.3 is 9.67 Å². The van der Waals surface area contributed by atoms with Crippen LogP contribution < -0.4 is 0 Å². The first-order valence-corrected chi connectivity index (χ1v) is 5.73. The smallest absolute Gasteiger partial charge is 0.338 e. The molecule has 0 unspecified atom stereocenters. The van der Waals surface area contributed by atoms with Gasteiger partial charge in [-0.1, -0.05) is 0 Å². The van der Waals surface area contributed by atoms with E-state index in [9.17, 15) is 9.18 Å². The molecule has 0 aliphatic carbocycles. The summed E-state index contributed by atoms with van der Waals surface area (Å²) in [5, 5.41) is 17.4. The molecule has 2 aromatic rings. The zero-order chi connectivity index (χ0) is 13.3. The van der Waals surface area contributed by atoms with Crippen molar-refractivity contribution in [1.82, 2.24) is 19.7 Å². The number of carboxylic acids is 1. The minimum Gasteiger partial charge on any atom is -0.478 e. The van der Waals surface area contributed by atoms with E-state index in [0.29, 0.717) is 11.0 Å². The van der Waals surface area contributed by atoms with Crippen molar-refractivity contribution in [2.75, 3.05) is 0 Å². The van der Waals surface area contributed by atoms with Crippen molar-refractivity contribution in [3.8, 4) is 0 Å². The van der Waals surface area contributed by atoms with Gasteiger partial charge in [0.2, 0.25) is 0 Å². The van der Waals surface area contributed by atoms with Crippen LogP contribution in [-0.4, -0.2) is 30.8 Å². The van der Waals surface area contributed by atoms with Crippen molar-refractivity contribution in [1.29, 1.82) is 0 Å². The molecule has 0 aliphatic rings. The van der Waals surface area contributed by atoms with Gasteiger partial charge >= 0.3 is 5.97 Å². The first-order valence-electron chi connectivity index (χ1n) is 4.91. The van der Waals surface area contributed by atoms with Gasteiger partial charge in [0.15, 0.2) is 5.16 Å². The molecule has 2 aromatic heterocycles. The van der Waals surface area contributed by atoms with Crippen LogP contribution in [-0.2, 0) is 7.05 Å². The molecular weight excluding hydrogens is 259 g/mol. The van der Waals surface area contributed by atoms with Crippen molar-refractivity contribution in [3.63, 3.8) is 0 Å². The monoisotopic (exact) mass is 268 g/mol. The number of aromatic nitrogens is 4. The SMILES string of the molecule is Cc1nnc(Sc2ncc(F)cc2C(=O)O)n1C. The van der Waals surface area contributed by atoms with E-state index >= 15 is 0 Å². The third kappa shape index (κ3) is 2.33. The Morgan fingerprint density at radius 1 is 1.50 bits per heavy atom. The normalized spacial score (nSPS) is 10.6. The highest BCUT2D eigenvalue weighted by molar-refractivity contribution is 7.99. The Morgan fingerprint density at radius 3 is 2.78 bits per heavy atom. The fourth-order valence-electron chi connectivity index (χ4n) is 1.22. The van der Waals surface area contributed by atoms with Crippen molar-refractivity contribution in [3.05, 3.63) is 29.5 Å². The standard InChI is InChI=1S/C10H9FN4O2S/c1-5-13-14-10(15(5)2)18-8-7(9(16)17)3-6(11)4-12-8/h3-4H,1-2H3,(H,16,17). The number of carboxylic acid groups (broad SMARTS) is 1. The van der Waals surface area contributed by atoms with Crippen LogP contribution in [0.3, 0.4) is 0 Å². The Morgan fingerprint density at radius 2 is 2.22 bits per heavy atom. The van der Waals surface area contributed by atoms with E-state index in [4.69, 9.17) is 5.11 Å². The van der Waals surface area contributed by atoms with Crippen molar-refractivity contribution >= 4 is 17.7 Å². The van der Waals surface area contributed by atoms with Crippen LogP contribution in [0.5, 0.6) is 0 Å². The molecule has 0 radical (unpaired) electrons. The predicted molar refractivity (Wildman–Crippen MR) is 61.0 cm³/mol. The summed E-state index contributed by atoms with van der Waals surface area (Å²) < 4.78 is 14.7. The third-order valence-corrected chi connectivity index (χ3v) is 3.35. The molecule has 0 bridgehead atoms. The molecule has 2 rings (SSSR count). The molecule has 94 valence electrons. The van der Waals surface area contributed by atoms with Gasteiger partial charge in [-0.25, -0.2) is 14.2 Å². The fourth-order valence-corrected chi connectivity index (χ4v) is 2.11. The van der Waals surface area contributed by atoms with E-state index in [1.807, 2.05) is 0 Å². The van der Waals surface area contributed by atoms with Crippen molar-refractivity contribution < 1.29 is 14.3 Å². The summed E-state index contributed by atoms with van der Waals surface area (Å²) >= 11 is 1.03. The van der Waals surface area contributed by atoms with Gasteiger partial charge in [0, 0.05) is 7.05 Å². The number of nitrogens with zero attached hydrogens (tertiary/aromatic N) is 4. The fraction of sp³-hybridized carbons (Fsp3) is 0.200. The van der Waals surface area contributed by atoms with Gasteiger partial charge in [-0.3, -0.25) is 0 Å². The molecule has 8 heteroatoms. The van der Waals surface area contributed by atoms with Gasteiger partial charge in [0.05, 0.1) is 11.8 Å². The lowest BCUT2D eigenvalue weighted by atomic mass is 10.3. The second kappa shape index (κ2) is 4.73. The van der Waals surface area contributed by atoms with Crippen LogP contribution in [0, 0.1) is 12.7 Å². The maximum atomic E-state index is 13.0. The Balaban J connectivity index is 2.40. The summed E-state index contributed by atoms with van der Waals surface area (Å²) in [6.07, 6.45) is 0.970. The molecule has 2 heterocycles. The number of carbonyl (C=O) groups is 1. The number of aryl methyl sites for hydroxylation is 1. The number of hydrogen-bond acceptors (Lipinski definition) is 5. The largest absolute Gasteiger partial charge is 0.478 e. The third-order valence-electron chi connectivity index (χ3n) is 2.29. The van der Waals surface area contributed by atoms with Gasteiger partial charge in [-0.2, -0.15) is 0 Å². The highest BCUT2D eigenvalue weighted by atomic mass is 32.2. The second-order valence-electron chi connectivity index (χ2n) is 3.50. The number of hydrogen-bond donors (Lipinski definition) is 1. The van der Waals surface area contributed by atoms with E-state index in [1.165, 1.54) is 0 Å². The molecule has 0 saturated carbocycles. The van der Waals surface area contributed by atoms with E-state index in [1.54, 1.807) is 18.5 Å². The predicted octanol–water partition coefficient (Wildman–Crippen LogP) is 1.51. The van der Waals surface area contributed by atoms with E-state index in [0.717, 1.165) is 24.0 Å². The van der Waals surface area contributed by atoms with Crippen molar-refractivity contribution in [2.45, 2.75) is 17.1 Å². The Labute approximate surface area is 106 Å². The molecule has 0 amide bonds. The van der Waals surface area contributed by atoms with Crippen LogP contribution in [0.25, 0.3) is 0 Å². The van der Waals surface area contributed by atoms with Crippen LogP contribution in [0.2, 0.25) is 0 Å². The van der Waals surface area contributed by atoms with Crippen LogP contribution in [0.15, 0.2) is 22.4 Å². The number of aromatic carboxylic acids is 1. The highest BCUT2D eigenvalue weighted by Gasteiger charge is 2.16. The lowest BCUT2D eigenvalue weighted by Crippen LogP contribution is -2.03. The molecule has 0 atom stereocenters. The second-order valence-corrected chi connectivity index (χ2v) is 4.46. The first kappa shape index (κ1) is 12.5. The maximum absolute atomic E-state index is 13.0. The quantitative estimate of drug-likeness (QED) is 0.908. The van der Waals surface area contributed by atoms with Gasteiger partial charge in [0.1, 0.15) is 16.7 Å². The molecular formula is C10H9FN4O2S. The number of rotatable bonds is 3. The van der Waals surface area contributed by atoms with E-state index in [2.05, 4.69) is 15.2 Å². The van der Waals surface area contributed by atoms with Crippen LogP contribution in [0.1, 0.15) is 16.2 Å². The Bertz CT molecular complexity index is 614. The lowest BCUT2D eigenvalue weighted by Gasteiger charge is -2.04. The molecule has 0 fully saturated rings. The van der Waals surface area contributed by atoms with E-state index < -0.39 is 11.8 Å². The minimum atomic E-state index is -1.23. The topological polar surface area (TPSA) is 80.9 Å². The van der Waals surface area contributed by atoms with Gasteiger partial charge in [-0.15, -0.1) is 10.2 Å². The summed E-state index contributed by atoms with van der Waals surface area (Å²) in [6.45, 7) is 1.77. The van der Waals surface area contributed by atoms with Gasteiger partial charge in [0.25, 0.3) is 0 Å². The molecule has 0 spiro atoms. The van der Waals surface area contributed by atoms with Gasteiger partial charge in [-0.05, 0) is 24.8 Å². The average molecular weight is 268 g/mol. The lowest BCUT2D eigenvalue weighted by molar-refractivity contribution is 0.0691. The zero-order valence-corrected chi connectivity index (χ0v) is 10.4. The summed E-state index contributed by atoms with van der Waals surface area (Å²) in [5.74, 6) is -1.23. The van der Waals surface area contributed by atoms with Crippen molar-refractivity contribution in [2.24, 2.45) is 7.05 Å². The highest BCUT2D eigenvalue weighted by Crippen LogP contribution is 2.27. The molecule has 18 heavy (non-hydrogen) atoms. The van der Waals surface area contributed by atoms with Crippen LogP contribution in [0.4, 0.5) is 4.39 Å². The Kier molecular flexibility index (Phi) is 3.28. The molecule has 1 N–H and O–H groups in total. The Hall–Kier alpha value is -1.96. The summed E-state index contributed by atoms with van der Waals surface area (Å²) in [6, 6.07) is 0.931. The summed E-state index contributed by atoms with van der Waals surface area (Å²) in [7, 11) is 1.75. The molecule has 0 aliphatic heterocycles. The zero-order valence-electron chi connectivity index (χ0n) is 9.59.